The summed E-state index contributed by atoms with van der Waals surface area (Å²) in [4.78, 5) is 22.6. The molecule has 0 heterocycles. The topological polar surface area (TPSA) is 112 Å². The Bertz CT molecular complexity index is 1480. The number of phenolic OH excluding ortho intramolecular Hbond substituents is 1. The summed E-state index contributed by atoms with van der Waals surface area (Å²) in [5.74, 6) is 0.164. The zero-order valence-electron chi connectivity index (χ0n) is 23.0. The van der Waals surface area contributed by atoms with Crippen LogP contribution in [0.5, 0.6) is 17.2 Å². The van der Waals surface area contributed by atoms with Crippen molar-refractivity contribution in [3.8, 4) is 17.2 Å². The second kappa shape index (κ2) is 16.3. The van der Waals surface area contributed by atoms with E-state index in [2.05, 4.69) is 9.47 Å². The molecule has 42 heavy (non-hydrogen) atoms. The Hall–Kier alpha value is -4.24. The monoisotopic (exact) mass is 612 g/mol. The van der Waals surface area contributed by atoms with Crippen molar-refractivity contribution in [1.29, 1.82) is 0 Å². The molecule has 1 atom stereocenters. The number of hydrogen-bond donors (Lipinski definition) is 2. The van der Waals surface area contributed by atoms with E-state index in [0.717, 1.165) is 16.7 Å². The van der Waals surface area contributed by atoms with E-state index in [1.807, 2.05) is 36.4 Å². The van der Waals surface area contributed by atoms with Crippen LogP contribution in [0.3, 0.4) is 0 Å². The van der Waals surface area contributed by atoms with E-state index in [4.69, 9.17) is 32.7 Å². The highest BCUT2D eigenvalue weighted by Crippen LogP contribution is 2.31. The lowest BCUT2D eigenvalue weighted by atomic mass is 10.0. The number of aliphatic hydroxyl groups is 1. The standard InChI is InChI=1S/C19H19ClO6.C13H11ClO2/c1-23-18(21)11-25-16-6-4-3-5-13(16)9-14-10-15(20)7-8-17(14)26-12-19(22)24-2;14-10-6-7-12(15)11(8-10)13(16)9-4-2-1-3-5-9/h3-8,10H,9,11-12H2,1-2H3;1-8,13,15-16H. The largest absolute Gasteiger partial charge is 0.508 e. The molecule has 2 N–H and O–H groups in total. The molecule has 0 spiro atoms. The van der Waals surface area contributed by atoms with Crippen molar-refractivity contribution in [2.75, 3.05) is 27.4 Å². The van der Waals surface area contributed by atoms with Crippen molar-refractivity contribution in [2.24, 2.45) is 0 Å². The minimum atomic E-state index is -0.861. The Labute approximate surface area is 254 Å². The molecule has 10 heteroatoms. The molecule has 0 aliphatic rings. The first-order chi connectivity index (χ1) is 20.2. The lowest BCUT2D eigenvalue weighted by Gasteiger charge is -2.14. The van der Waals surface area contributed by atoms with Gasteiger partial charge in [-0.25, -0.2) is 9.59 Å². The number of carbonyl (C=O) groups excluding carboxylic acids is 2. The van der Waals surface area contributed by atoms with Gasteiger partial charge in [0.1, 0.15) is 23.4 Å². The van der Waals surface area contributed by atoms with Crippen LogP contribution in [0.15, 0.2) is 91.0 Å². The van der Waals surface area contributed by atoms with Crippen LogP contribution in [0.1, 0.15) is 28.4 Å². The summed E-state index contributed by atoms with van der Waals surface area (Å²) in [6.45, 7) is -0.389. The zero-order valence-corrected chi connectivity index (χ0v) is 24.5. The number of methoxy groups -OCH3 is 2. The van der Waals surface area contributed by atoms with Gasteiger partial charge in [-0.05, 0) is 53.6 Å². The van der Waals surface area contributed by atoms with Crippen molar-refractivity contribution in [1.82, 2.24) is 0 Å². The molecule has 0 radical (unpaired) electrons. The van der Waals surface area contributed by atoms with Crippen LogP contribution >= 0.6 is 23.2 Å². The number of ether oxygens (including phenoxy) is 4. The average Bonchev–Trinajstić information content (AvgIpc) is 3.01. The molecule has 0 aliphatic carbocycles. The summed E-state index contributed by atoms with van der Waals surface area (Å²) in [5, 5.41) is 20.8. The minimum absolute atomic E-state index is 0.0424. The van der Waals surface area contributed by atoms with Crippen molar-refractivity contribution in [3.63, 3.8) is 0 Å². The van der Waals surface area contributed by atoms with Gasteiger partial charge in [-0.3, -0.25) is 0 Å². The Kier molecular flexibility index (Phi) is 12.5. The molecule has 0 amide bonds. The first-order valence-corrected chi connectivity index (χ1v) is 13.4. The van der Waals surface area contributed by atoms with Gasteiger partial charge >= 0.3 is 11.9 Å². The van der Waals surface area contributed by atoms with E-state index >= 15 is 0 Å². The molecular weight excluding hydrogens is 583 g/mol. The number of halogens is 2. The molecule has 4 aromatic carbocycles. The maximum Gasteiger partial charge on any atom is 0.343 e. The average molecular weight is 613 g/mol. The zero-order chi connectivity index (χ0) is 30.5. The number of rotatable bonds is 10. The summed E-state index contributed by atoms with van der Waals surface area (Å²) in [7, 11) is 2.60. The SMILES string of the molecule is COC(=O)COc1ccccc1Cc1cc(Cl)ccc1OCC(=O)OC.Oc1ccc(Cl)cc1C(O)c1ccccc1. The van der Waals surface area contributed by atoms with Crippen LogP contribution in [-0.4, -0.2) is 49.6 Å². The van der Waals surface area contributed by atoms with Gasteiger partial charge in [0.25, 0.3) is 0 Å². The van der Waals surface area contributed by atoms with Gasteiger partial charge in [0.05, 0.1) is 14.2 Å². The van der Waals surface area contributed by atoms with Crippen LogP contribution in [0.25, 0.3) is 0 Å². The molecule has 1 unspecified atom stereocenters. The van der Waals surface area contributed by atoms with Gasteiger partial charge in [-0.15, -0.1) is 0 Å². The van der Waals surface area contributed by atoms with E-state index < -0.39 is 18.0 Å². The summed E-state index contributed by atoms with van der Waals surface area (Å²) >= 11 is 11.9. The molecule has 220 valence electrons. The minimum Gasteiger partial charge on any atom is -0.508 e. The molecule has 0 bridgehead atoms. The first-order valence-electron chi connectivity index (χ1n) is 12.7. The molecule has 0 aromatic heterocycles. The number of phenols is 1. The van der Waals surface area contributed by atoms with Crippen LogP contribution < -0.4 is 9.47 Å². The molecule has 4 rings (SSSR count). The second-order valence-electron chi connectivity index (χ2n) is 8.78. The normalized spacial score (nSPS) is 11.0. The Balaban J connectivity index is 0.000000258. The van der Waals surface area contributed by atoms with Crippen molar-refractivity contribution >= 4 is 35.1 Å². The fraction of sp³-hybridized carbons (Fsp3) is 0.188. The number of aliphatic hydroxyl groups excluding tert-OH is 1. The van der Waals surface area contributed by atoms with Crippen molar-refractivity contribution < 1.29 is 38.7 Å². The Morgan fingerprint density at radius 1 is 0.714 bits per heavy atom. The van der Waals surface area contributed by atoms with Gasteiger partial charge in [0.2, 0.25) is 0 Å². The van der Waals surface area contributed by atoms with Crippen LogP contribution in [-0.2, 0) is 25.5 Å². The van der Waals surface area contributed by atoms with Gasteiger partial charge < -0.3 is 29.2 Å². The Morgan fingerprint density at radius 2 is 1.26 bits per heavy atom. The third-order valence-corrected chi connectivity index (χ3v) is 6.39. The Morgan fingerprint density at radius 3 is 1.90 bits per heavy atom. The smallest absolute Gasteiger partial charge is 0.343 e. The molecular formula is C32H30Cl2O8. The number of benzene rings is 4. The fourth-order valence-corrected chi connectivity index (χ4v) is 4.15. The molecule has 8 nitrogen and oxygen atoms in total. The molecule has 0 saturated heterocycles. The summed E-state index contributed by atoms with van der Waals surface area (Å²) in [6.07, 6.45) is -0.422. The van der Waals surface area contributed by atoms with E-state index in [1.165, 1.54) is 20.3 Å². The maximum atomic E-state index is 11.3. The van der Waals surface area contributed by atoms with E-state index in [-0.39, 0.29) is 19.0 Å². The van der Waals surface area contributed by atoms with Crippen LogP contribution in [0, 0.1) is 0 Å². The van der Waals surface area contributed by atoms with Crippen molar-refractivity contribution in [3.05, 3.63) is 123 Å². The van der Waals surface area contributed by atoms with Crippen LogP contribution in [0.2, 0.25) is 10.0 Å². The predicted molar refractivity (Wildman–Crippen MR) is 159 cm³/mol. The number of esters is 2. The highest BCUT2D eigenvalue weighted by Gasteiger charge is 2.15. The van der Waals surface area contributed by atoms with Gasteiger partial charge in [-0.2, -0.15) is 0 Å². The number of hydrogen-bond acceptors (Lipinski definition) is 8. The highest BCUT2D eigenvalue weighted by molar-refractivity contribution is 6.31. The number of aromatic hydroxyl groups is 1. The summed E-state index contributed by atoms with van der Waals surface area (Å²) < 4.78 is 20.2. The van der Waals surface area contributed by atoms with Gasteiger partial charge in [0, 0.05) is 27.6 Å². The summed E-state index contributed by atoms with van der Waals surface area (Å²) in [5.41, 5.74) is 2.75. The molecule has 0 aliphatic heterocycles. The van der Waals surface area contributed by atoms with Crippen molar-refractivity contribution in [2.45, 2.75) is 12.5 Å². The highest BCUT2D eigenvalue weighted by atomic mass is 35.5. The summed E-state index contributed by atoms with van der Waals surface area (Å²) in [6, 6.07) is 26.2. The molecule has 0 saturated carbocycles. The predicted octanol–water partition coefficient (Wildman–Crippen LogP) is 6.16. The second-order valence-corrected chi connectivity index (χ2v) is 9.66. The molecule has 4 aromatic rings. The van der Waals surface area contributed by atoms with E-state index in [0.29, 0.717) is 33.5 Å². The molecule has 0 fully saturated rings. The first kappa shape index (κ1) is 32.3. The van der Waals surface area contributed by atoms with E-state index in [9.17, 15) is 19.8 Å². The quantitative estimate of drug-likeness (QED) is 0.205. The number of para-hydroxylation sites is 1. The van der Waals surface area contributed by atoms with E-state index in [1.54, 1.807) is 48.5 Å². The third kappa shape index (κ3) is 9.69. The van der Waals surface area contributed by atoms with Crippen LogP contribution in [0.4, 0.5) is 0 Å². The third-order valence-electron chi connectivity index (χ3n) is 5.92. The lowest BCUT2D eigenvalue weighted by Crippen LogP contribution is -2.14. The number of carbonyl (C=O) groups is 2. The van der Waals surface area contributed by atoms with Gasteiger partial charge in [-0.1, -0.05) is 71.7 Å². The fourth-order valence-electron chi connectivity index (χ4n) is 3.77. The van der Waals surface area contributed by atoms with Gasteiger partial charge in [0.15, 0.2) is 13.2 Å². The maximum absolute atomic E-state index is 11.3. The lowest BCUT2D eigenvalue weighted by molar-refractivity contribution is -0.143.